The highest BCUT2D eigenvalue weighted by Gasteiger charge is 2.16. The molecule has 3 nitrogen and oxygen atoms in total. The predicted octanol–water partition coefficient (Wildman–Crippen LogP) is 1.42. The first kappa shape index (κ1) is 10.1. The van der Waals surface area contributed by atoms with Gasteiger partial charge in [0.15, 0.2) is 0 Å². The van der Waals surface area contributed by atoms with E-state index in [4.69, 9.17) is 17.3 Å². The summed E-state index contributed by atoms with van der Waals surface area (Å²) in [5.74, 6) is 0. The zero-order valence-corrected chi connectivity index (χ0v) is 7.24. The van der Waals surface area contributed by atoms with Gasteiger partial charge in [-0.05, 0) is 6.07 Å². The van der Waals surface area contributed by atoms with Crippen LogP contribution in [0.25, 0.3) is 0 Å². The Balaban J connectivity index is 3.32. The first-order valence-electron chi connectivity index (χ1n) is 3.46. The second-order valence-electron chi connectivity index (χ2n) is 2.39. The Kier molecular flexibility index (Phi) is 3.00. The second kappa shape index (κ2) is 3.85. The van der Waals surface area contributed by atoms with E-state index in [2.05, 4.69) is 4.98 Å². The number of nitrogens with two attached hydrogens (primary N) is 1. The predicted molar refractivity (Wildman–Crippen MR) is 44.9 cm³/mol. The molecule has 1 heterocycles. The Bertz CT molecular complexity index is 364. The maximum absolute atomic E-state index is 12.2. The summed E-state index contributed by atoms with van der Waals surface area (Å²) in [5, 5.41) is -0.251. The third-order valence-corrected chi connectivity index (χ3v) is 1.83. The highest BCUT2D eigenvalue weighted by atomic mass is 35.5. The van der Waals surface area contributed by atoms with Crippen LogP contribution in [-0.2, 0) is 6.54 Å². The number of hydrogen-bond acceptors (Lipinski definition) is 2. The van der Waals surface area contributed by atoms with Crippen LogP contribution in [0.15, 0.2) is 10.9 Å². The van der Waals surface area contributed by atoms with Crippen molar-refractivity contribution in [3.63, 3.8) is 0 Å². The van der Waals surface area contributed by atoms with Gasteiger partial charge in [-0.1, -0.05) is 11.6 Å². The van der Waals surface area contributed by atoms with Gasteiger partial charge in [0, 0.05) is 12.2 Å². The molecule has 1 rings (SSSR count). The summed E-state index contributed by atoms with van der Waals surface area (Å²) in [4.78, 5) is 13.2. The maximum atomic E-state index is 12.2. The summed E-state index contributed by atoms with van der Waals surface area (Å²) in [7, 11) is 0. The van der Waals surface area contributed by atoms with Crippen molar-refractivity contribution in [1.29, 1.82) is 0 Å². The summed E-state index contributed by atoms with van der Waals surface area (Å²) in [5.41, 5.74) is 3.93. The van der Waals surface area contributed by atoms with Gasteiger partial charge in [-0.25, -0.2) is 8.78 Å². The SMILES string of the molecule is NCc1cc(Cl)c(C(F)F)c(=O)[nH]1. The number of H-pyrrole nitrogens is 1. The van der Waals surface area contributed by atoms with Crippen LogP contribution in [0.2, 0.25) is 5.02 Å². The van der Waals surface area contributed by atoms with E-state index in [0.29, 0.717) is 5.69 Å². The number of aromatic amines is 1. The van der Waals surface area contributed by atoms with Crippen LogP contribution in [0.3, 0.4) is 0 Å². The fourth-order valence-electron chi connectivity index (χ4n) is 0.902. The third-order valence-electron chi connectivity index (χ3n) is 1.52. The quantitative estimate of drug-likeness (QED) is 0.772. The molecule has 0 radical (unpaired) electrons. The molecule has 1 aromatic rings. The Labute approximate surface area is 77.5 Å². The van der Waals surface area contributed by atoms with Crippen molar-refractivity contribution in [1.82, 2.24) is 4.98 Å². The van der Waals surface area contributed by atoms with Crippen molar-refractivity contribution >= 4 is 11.6 Å². The van der Waals surface area contributed by atoms with Gasteiger partial charge in [-0.3, -0.25) is 4.79 Å². The van der Waals surface area contributed by atoms with Crippen LogP contribution >= 0.6 is 11.6 Å². The molecule has 0 fully saturated rings. The van der Waals surface area contributed by atoms with Gasteiger partial charge in [-0.2, -0.15) is 0 Å². The summed E-state index contributed by atoms with van der Waals surface area (Å²) in [6.07, 6.45) is -2.87. The van der Waals surface area contributed by atoms with Crippen molar-refractivity contribution < 1.29 is 8.78 Å². The summed E-state index contributed by atoms with van der Waals surface area (Å²) in [6, 6.07) is 1.23. The minimum Gasteiger partial charge on any atom is -0.325 e. The Morgan fingerprint density at radius 2 is 2.23 bits per heavy atom. The molecule has 0 aliphatic heterocycles. The first-order chi connectivity index (χ1) is 6.06. The number of pyridine rings is 1. The molecule has 72 valence electrons. The molecule has 3 N–H and O–H groups in total. The van der Waals surface area contributed by atoms with Crippen LogP contribution in [0, 0.1) is 0 Å². The van der Waals surface area contributed by atoms with Gasteiger partial charge in [-0.15, -0.1) is 0 Å². The number of aromatic nitrogens is 1. The third kappa shape index (κ3) is 2.05. The topological polar surface area (TPSA) is 58.9 Å². The molecule has 0 atom stereocenters. The van der Waals surface area contributed by atoms with Crippen LogP contribution in [0.4, 0.5) is 8.78 Å². The second-order valence-corrected chi connectivity index (χ2v) is 2.80. The lowest BCUT2D eigenvalue weighted by Gasteiger charge is -2.03. The standard InChI is InChI=1S/C7H7ClF2N2O/c8-4-1-3(2-11)12-7(13)5(4)6(9)10/h1,6H,2,11H2,(H,12,13). The largest absolute Gasteiger partial charge is 0.325 e. The molecule has 13 heavy (non-hydrogen) atoms. The highest BCUT2D eigenvalue weighted by Crippen LogP contribution is 2.23. The lowest BCUT2D eigenvalue weighted by atomic mass is 10.2. The number of halogens is 3. The molecular formula is C7H7ClF2N2O. The molecule has 0 spiro atoms. The van der Waals surface area contributed by atoms with Gasteiger partial charge in [0.25, 0.3) is 12.0 Å². The van der Waals surface area contributed by atoms with Gasteiger partial charge >= 0.3 is 0 Å². The fourth-order valence-corrected chi connectivity index (χ4v) is 1.20. The molecular weight excluding hydrogens is 202 g/mol. The molecule has 0 aromatic carbocycles. The maximum Gasteiger partial charge on any atom is 0.270 e. The number of rotatable bonds is 2. The smallest absolute Gasteiger partial charge is 0.270 e. The molecule has 6 heteroatoms. The van der Waals surface area contributed by atoms with Crippen LogP contribution < -0.4 is 11.3 Å². The Hall–Kier alpha value is -0.940. The summed E-state index contributed by atoms with van der Waals surface area (Å²) in [6.45, 7) is 0.0540. The van der Waals surface area contributed by atoms with Gasteiger partial charge in [0.05, 0.1) is 5.02 Å². The first-order valence-corrected chi connectivity index (χ1v) is 3.84. The van der Waals surface area contributed by atoms with E-state index in [9.17, 15) is 13.6 Å². The number of hydrogen-bond donors (Lipinski definition) is 2. The van der Waals surface area contributed by atoms with Crippen molar-refractivity contribution in [2.45, 2.75) is 13.0 Å². The molecule has 0 saturated heterocycles. The number of nitrogens with one attached hydrogen (secondary N) is 1. The van der Waals surface area contributed by atoms with Gasteiger partial charge in [0.2, 0.25) is 0 Å². The molecule has 0 amide bonds. The van der Waals surface area contributed by atoms with Crippen LogP contribution in [0.5, 0.6) is 0 Å². The monoisotopic (exact) mass is 208 g/mol. The fraction of sp³-hybridized carbons (Fsp3) is 0.286. The molecule has 0 bridgehead atoms. The molecule has 1 aromatic heterocycles. The minimum atomic E-state index is -2.87. The average Bonchev–Trinajstić information content (AvgIpc) is 2.02. The van der Waals surface area contributed by atoms with Crippen molar-refractivity contribution in [2.75, 3.05) is 0 Å². The lowest BCUT2D eigenvalue weighted by Crippen LogP contribution is -2.17. The van der Waals surface area contributed by atoms with E-state index < -0.39 is 17.5 Å². The van der Waals surface area contributed by atoms with E-state index in [-0.39, 0.29) is 11.6 Å². The van der Waals surface area contributed by atoms with Crippen molar-refractivity contribution in [3.05, 3.63) is 32.7 Å². The zero-order chi connectivity index (χ0) is 10.0. The lowest BCUT2D eigenvalue weighted by molar-refractivity contribution is 0.149. The van der Waals surface area contributed by atoms with E-state index >= 15 is 0 Å². The summed E-state index contributed by atoms with van der Waals surface area (Å²) >= 11 is 5.45. The van der Waals surface area contributed by atoms with Gasteiger partial charge < -0.3 is 10.7 Å². The minimum absolute atomic E-state index is 0.0540. The van der Waals surface area contributed by atoms with Gasteiger partial charge in [0.1, 0.15) is 5.56 Å². The Morgan fingerprint density at radius 1 is 1.62 bits per heavy atom. The number of alkyl halides is 2. The van der Waals surface area contributed by atoms with Crippen LogP contribution in [0.1, 0.15) is 17.7 Å². The van der Waals surface area contributed by atoms with E-state index in [0.717, 1.165) is 0 Å². The normalized spacial score (nSPS) is 10.8. The van der Waals surface area contributed by atoms with E-state index in [1.807, 2.05) is 0 Å². The van der Waals surface area contributed by atoms with E-state index in [1.54, 1.807) is 0 Å². The summed E-state index contributed by atoms with van der Waals surface area (Å²) < 4.78 is 24.4. The zero-order valence-electron chi connectivity index (χ0n) is 6.48. The molecule has 0 aliphatic rings. The van der Waals surface area contributed by atoms with Crippen molar-refractivity contribution in [2.24, 2.45) is 5.73 Å². The average molecular weight is 209 g/mol. The molecule has 0 unspecified atom stereocenters. The molecule has 0 aliphatic carbocycles. The van der Waals surface area contributed by atoms with Crippen molar-refractivity contribution in [3.8, 4) is 0 Å². The van der Waals surface area contributed by atoms with E-state index in [1.165, 1.54) is 6.07 Å². The Morgan fingerprint density at radius 3 is 2.62 bits per heavy atom. The van der Waals surface area contributed by atoms with Crippen LogP contribution in [-0.4, -0.2) is 4.98 Å². The highest BCUT2D eigenvalue weighted by molar-refractivity contribution is 6.31. The molecule has 0 saturated carbocycles.